The third kappa shape index (κ3) is 2.65. The maximum absolute atomic E-state index is 5.94. The van der Waals surface area contributed by atoms with Gasteiger partial charge in [-0.05, 0) is 12.8 Å². The Morgan fingerprint density at radius 2 is 1.75 bits per heavy atom. The molecule has 2 nitrogen and oxygen atoms in total. The van der Waals surface area contributed by atoms with Gasteiger partial charge < -0.3 is 4.74 Å². The second-order valence-corrected chi connectivity index (χ2v) is 6.37. The number of aromatic nitrogens is 1. The Labute approximate surface area is 124 Å². The molecule has 20 heavy (non-hydrogen) atoms. The molecule has 0 unspecified atom stereocenters. The first-order valence-electron chi connectivity index (χ1n) is 7.41. The van der Waals surface area contributed by atoms with Crippen molar-refractivity contribution < 1.29 is 4.74 Å². The van der Waals surface area contributed by atoms with E-state index < -0.39 is 0 Å². The molecule has 1 aromatic heterocycles. The van der Waals surface area contributed by atoms with Gasteiger partial charge in [0.05, 0.1) is 5.69 Å². The molecule has 3 rings (SSSR count). The molecule has 1 fully saturated rings. The maximum atomic E-state index is 5.94. The van der Waals surface area contributed by atoms with Crippen molar-refractivity contribution in [3.05, 3.63) is 40.7 Å². The molecule has 0 bridgehead atoms. The second-order valence-electron chi connectivity index (χ2n) is 5.52. The summed E-state index contributed by atoms with van der Waals surface area (Å²) in [5, 5.41) is 3.32. The molecule has 0 spiro atoms. The lowest BCUT2D eigenvalue weighted by molar-refractivity contribution is -0.0279. The highest BCUT2D eigenvalue weighted by Gasteiger charge is 2.35. The van der Waals surface area contributed by atoms with Gasteiger partial charge in [-0.1, -0.05) is 56.0 Å². The zero-order valence-electron chi connectivity index (χ0n) is 12.0. The van der Waals surface area contributed by atoms with Crippen LogP contribution in [0.4, 0.5) is 0 Å². The summed E-state index contributed by atoms with van der Waals surface area (Å²) in [6, 6.07) is 10.4. The molecule has 0 N–H and O–H groups in total. The van der Waals surface area contributed by atoms with Crippen molar-refractivity contribution in [3.63, 3.8) is 0 Å². The van der Waals surface area contributed by atoms with E-state index >= 15 is 0 Å². The number of benzene rings is 1. The van der Waals surface area contributed by atoms with E-state index in [2.05, 4.69) is 29.6 Å². The lowest BCUT2D eigenvalue weighted by Crippen LogP contribution is -2.27. The van der Waals surface area contributed by atoms with Crippen molar-refractivity contribution in [1.82, 2.24) is 4.98 Å². The average Bonchev–Trinajstić information content (AvgIpc) is 2.88. The molecule has 106 valence electrons. The number of nitrogens with zero attached hydrogens (tertiary/aromatic N) is 1. The molecule has 0 aliphatic heterocycles. The van der Waals surface area contributed by atoms with Crippen LogP contribution in [0, 0.1) is 0 Å². The second kappa shape index (κ2) is 6.06. The number of hydrogen-bond acceptors (Lipinski definition) is 3. The fraction of sp³-hybridized carbons (Fsp3) is 0.471. The first-order chi connectivity index (χ1) is 9.84. The average molecular weight is 287 g/mol. The van der Waals surface area contributed by atoms with Crippen molar-refractivity contribution in [2.45, 2.75) is 44.1 Å². The molecule has 1 aliphatic carbocycles. The van der Waals surface area contributed by atoms with Crippen LogP contribution in [-0.2, 0) is 10.3 Å². The molecular formula is C17H21NOS. The van der Waals surface area contributed by atoms with Crippen molar-refractivity contribution in [3.8, 4) is 11.3 Å². The van der Waals surface area contributed by atoms with Crippen LogP contribution in [0.2, 0.25) is 0 Å². The minimum atomic E-state index is -0.145. The molecule has 0 atom stereocenters. The van der Waals surface area contributed by atoms with E-state index in [1.807, 2.05) is 13.2 Å². The Bertz CT molecular complexity index is 541. The van der Waals surface area contributed by atoms with E-state index in [9.17, 15) is 0 Å². The zero-order chi connectivity index (χ0) is 13.8. The molecule has 1 heterocycles. The summed E-state index contributed by atoms with van der Waals surface area (Å²) < 4.78 is 5.94. The molecule has 1 aromatic carbocycles. The van der Waals surface area contributed by atoms with Crippen LogP contribution >= 0.6 is 11.3 Å². The Kier molecular flexibility index (Phi) is 4.18. The summed E-state index contributed by atoms with van der Waals surface area (Å²) in [6.07, 6.45) is 7.34. The highest BCUT2D eigenvalue weighted by atomic mass is 32.1. The van der Waals surface area contributed by atoms with Crippen LogP contribution in [0.1, 0.15) is 43.5 Å². The fourth-order valence-corrected chi connectivity index (χ4v) is 4.09. The van der Waals surface area contributed by atoms with Crippen molar-refractivity contribution >= 4 is 11.3 Å². The molecule has 0 saturated heterocycles. The van der Waals surface area contributed by atoms with Crippen LogP contribution < -0.4 is 0 Å². The summed E-state index contributed by atoms with van der Waals surface area (Å²) in [4.78, 5) is 4.88. The van der Waals surface area contributed by atoms with Gasteiger partial charge in [0.1, 0.15) is 10.6 Å². The fourth-order valence-electron chi connectivity index (χ4n) is 3.03. The smallest absolute Gasteiger partial charge is 0.125 e. The molecule has 2 aromatic rings. The number of methoxy groups -OCH3 is 1. The largest absolute Gasteiger partial charge is 0.371 e. The third-order valence-electron chi connectivity index (χ3n) is 4.27. The highest BCUT2D eigenvalue weighted by Crippen LogP contribution is 2.41. The minimum absolute atomic E-state index is 0.145. The van der Waals surface area contributed by atoms with Crippen molar-refractivity contribution in [2.75, 3.05) is 7.11 Å². The lowest BCUT2D eigenvalue weighted by atomic mass is 9.95. The molecule has 1 aliphatic rings. The van der Waals surface area contributed by atoms with Gasteiger partial charge in [-0.15, -0.1) is 11.3 Å². The van der Waals surface area contributed by atoms with E-state index in [0.717, 1.165) is 23.5 Å². The number of rotatable bonds is 3. The van der Waals surface area contributed by atoms with Gasteiger partial charge in [0, 0.05) is 18.1 Å². The Morgan fingerprint density at radius 3 is 2.40 bits per heavy atom. The van der Waals surface area contributed by atoms with Crippen LogP contribution in [0.15, 0.2) is 35.7 Å². The quantitative estimate of drug-likeness (QED) is 0.741. The van der Waals surface area contributed by atoms with Crippen LogP contribution in [-0.4, -0.2) is 12.1 Å². The summed E-state index contributed by atoms with van der Waals surface area (Å²) >= 11 is 1.75. The summed E-state index contributed by atoms with van der Waals surface area (Å²) in [5.41, 5.74) is 2.12. The standard InChI is InChI=1S/C17H21NOS/c1-19-17(11-7-2-3-8-12-17)16-18-15(13-20-16)14-9-5-4-6-10-14/h4-6,9-10,13H,2-3,7-8,11-12H2,1H3. The number of ether oxygens (including phenoxy) is 1. The number of hydrogen-bond donors (Lipinski definition) is 0. The first-order valence-corrected chi connectivity index (χ1v) is 8.29. The third-order valence-corrected chi connectivity index (χ3v) is 5.29. The molecule has 0 radical (unpaired) electrons. The summed E-state index contributed by atoms with van der Waals surface area (Å²) in [7, 11) is 1.84. The highest BCUT2D eigenvalue weighted by molar-refractivity contribution is 7.10. The Morgan fingerprint density at radius 1 is 1.05 bits per heavy atom. The van der Waals surface area contributed by atoms with Crippen LogP contribution in [0.25, 0.3) is 11.3 Å². The van der Waals surface area contributed by atoms with Crippen molar-refractivity contribution in [1.29, 1.82) is 0 Å². The van der Waals surface area contributed by atoms with E-state index in [4.69, 9.17) is 9.72 Å². The van der Waals surface area contributed by atoms with Gasteiger partial charge >= 0.3 is 0 Å². The first kappa shape index (κ1) is 13.8. The van der Waals surface area contributed by atoms with Gasteiger partial charge in [0.15, 0.2) is 0 Å². The lowest BCUT2D eigenvalue weighted by Gasteiger charge is -2.29. The predicted octanol–water partition coefficient (Wildman–Crippen LogP) is 5.01. The van der Waals surface area contributed by atoms with E-state index in [-0.39, 0.29) is 5.60 Å². The van der Waals surface area contributed by atoms with Gasteiger partial charge in [0.2, 0.25) is 0 Å². The van der Waals surface area contributed by atoms with E-state index in [1.165, 1.54) is 31.2 Å². The minimum Gasteiger partial charge on any atom is -0.371 e. The zero-order valence-corrected chi connectivity index (χ0v) is 12.8. The summed E-state index contributed by atoms with van der Waals surface area (Å²) in [5.74, 6) is 0. The molecule has 3 heteroatoms. The SMILES string of the molecule is COC1(c2nc(-c3ccccc3)cs2)CCCCCC1. The normalized spacial score (nSPS) is 18.6. The van der Waals surface area contributed by atoms with Gasteiger partial charge in [-0.25, -0.2) is 4.98 Å². The Hall–Kier alpha value is -1.19. The monoisotopic (exact) mass is 287 g/mol. The van der Waals surface area contributed by atoms with Crippen molar-refractivity contribution in [2.24, 2.45) is 0 Å². The van der Waals surface area contributed by atoms with Gasteiger partial charge in [-0.2, -0.15) is 0 Å². The van der Waals surface area contributed by atoms with Gasteiger partial charge in [0.25, 0.3) is 0 Å². The number of thiazole rings is 1. The molecular weight excluding hydrogens is 266 g/mol. The van der Waals surface area contributed by atoms with Crippen LogP contribution in [0.5, 0.6) is 0 Å². The Balaban J connectivity index is 1.91. The molecule has 0 amide bonds. The van der Waals surface area contributed by atoms with Gasteiger partial charge in [-0.3, -0.25) is 0 Å². The maximum Gasteiger partial charge on any atom is 0.125 e. The topological polar surface area (TPSA) is 22.1 Å². The molecule has 1 saturated carbocycles. The van der Waals surface area contributed by atoms with Crippen LogP contribution in [0.3, 0.4) is 0 Å². The van der Waals surface area contributed by atoms with E-state index in [0.29, 0.717) is 0 Å². The van der Waals surface area contributed by atoms with E-state index in [1.54, 1.807) is 11.3 Å². The summed E-state index contributed by atoms with van der Waals surface area (Å²) in [6.45, 7) is 0. The predicted molar refractivity (Wildman–Crippen MR) is 83.9 cm³/mol.